The highest BCUT2D eigenvalue weighted by molar-refractivity contribution is 7.86. The van der Waals surface area contributed by atoms with Crippen LogP contribution in [-0.2, 0) is 10.1 Å². The van der Waals surface area contributed by atoms with Crippen LogP contribution in [-0.4, -0.2) is 23.9 Å². The Bertz CT molecular complexity index is 580. The molecule has 19 heavy (non-hydrogen) atoms. The molecule has 0 bridgehead atoms. The molecule has 0 fully saturated rings. The Labute approximate surface area is 115 Å². The summed E-state index contributed by atoms with van der Waals surface area (Å²) in [6.45, 7) is 7.71. The van der Waals surface area contributed by atoms with E-state index in [2.05, 4.69) is 6.92 Å². The number of hydrogen-bond acceptors (Lipinski definition) is 3. The van der Waals surface area contributed by atoms with Crippen LogP contribution in [0.4, 0.5) is 5.69 Å². The molecule has 1 aromatic rings. The molecule has 5 heteroatoms. The van der Waals surface area contributed by atoms with Gasteiger partial charge in [-0.1, -0.05) is 25.1 Å². The van der Waals surface area contributed by atoms with Gasteiger partial charge in [0.2, 0.25) is 0 Å². The summed E-state index contributed by atoms with van der Waals surface area (Å²) in [5.74, 6) is 0.371. The number of hydrogen-bond donors (Lipinski definition) is 1. The zero-order valence-electron chi connectivity index (χ0n) is 11.8. The molecule has 1 aliphatic rings. The molecule has 1 N–H and O–H groups in total. The van der Waals surface area contributed by atoms with Crippen molar-refractivity contribution in [3.05, 3.63) is 29.8 Å². The Morgan fingerprint density at radius 1 is 1.37 bits per heavy atom. The van der Waals surface area contributed by atoms with Crippen molar-refractivity contribution in [1.29, 1.82) is 0 Å². The Morgan fingerprint density at radius 3 is 2.53 bits per heavy atom. The van der Waals surface area contributed by atoms with Crippen molar-refractivity contribution in [3.8, 4) is 0 Å². The van der Waals surface area contributed by atoms with Crippen molar-refractivity contribution in [1.82, 2.24) is 0 Å². The zero-order chi connectivity index (χ0) is 14.4. The molecular weight excluding hydrogens is 262 g/mol. The first-order chi connectivity index (χ1) is 8.64. The number of fused-ring (bicyclic) bond motifs is 1. The van der Waals surface area contributed by atoms with Crippen LogP contribution >= 0.6 is 0 Å². The van der Waals surface area contributed by atoms with Gasteiger partial charge in [0.15, 0.2) is 5.37 Å². The second kappa shape index (κ2) is 4.49. The van der Waals surface area contributed by atoms with Crippen LogP contribution in [0.15, 0.2) is 24.3 Å². The van der Waals surface area contributed by atoms with Gasteiger partial charge < -0.3 is 4.90 Å². The molecule has 1 heterocycles. The van der Waals surface area contributed by atoms with Gasteiger partial charge >= 0.3 is 0 Å². The molecule has 2 rings (SSSR count). The Morgan fingerprint density at radius 2 is 1.95 bits per heavy atom. The lowest BCUT2D eigenvalue weighted by molar-refractivity contribution is 0.360. The van der Waals surface area contributed by atoms with E-state index in [0.717, 1.165) is 17.7 Å². The minimum absolute atomic E-state index is 0.316. The molecule has 4 nitrogen and oxygen atoms in total. The van der Waals surface area contributed by atoms with Crippen molar-refractivity contribution in [2.24, 2.45) is 0 Å². The third-order valence-corrected chi connectivity index (χ3v) is 5.05. The van der Waals surface area contributed by atoms with E-state index in [-0.39, 0.29) is 5.54 Å². The lowest BCUT2D eigenvalue weighted by Gasteiger charge is -2.49. The van der Waals surface area contributed by atoms with Gasteiger partial charge in [-0.05, 0) is 44.7 Å². The van der Waals surface area contributed by atoms with Crippen molar-refractivity contribution in [2.45, 2.75) is 50.9 Å². The first-order valence-corrected chi connectivity index (χ1v) is 7.99. The number of nitrogens with zero attached hydrogens (tertiary/aromatic N) is 1. The van der Waals surface area contributed by atoms with Gasteiger partial charge in [-0.25, -0.2) is 0 Å². The lowest BCUT2D eigenvalue weighted by atomic mass is 9.80. The second-order valence-electron chi connectivity index (χ2n) is 5.96. The molecule has 1 aliphatic heterocycles. The van der Waals surface area contributed by atoms with E-state index in [1.54, 1.807) is 0 Å². The first-order valence-electron chi connectivity index (χ1n) is 6.49. The standard InChI is InChI=1S/C14H21NO3S/c1-10-9-14(3,4)15(11(2)19(16,17)18)13-8-6-5-7-12(10)13/h5-8,10-11H,9H2,1-4H3,(H,16,17,18). The fraction of sp³-hybridized carbons (Fsp3) is 0.571. The molecule has 106 valence electrons. The maximum Gasteiger partial charge on any atom is 0.286 e. The topological polar surface area (TPSA) is 57.6 Å². The van der Waals surface area contributed by atoms with Crippen LogP contribution < -0.4 is 4.90 Å². The summed E-state index contributed by atoms with van der Waals surface area (Å²) >= 11 is 0. The van der Waals surface area contributed by atoms with Crippen LogP contribution in [0.1, 0.15) is 45.6 Å². The largest absolute Gasteiger partial charge is 0.348 e. The highest BCUT2D eigenvalue weighted by atomic mass is 32.2. The van der Waals surface area contributed by atoms with E-state index < -0.39 is 15.5 Å². The summed E-state index contributed by atoms with van der Waals surface area (Å²) in [5, 5.41) is -0.948. The minimum Gasteiger partial charge on any atom is -0.348 e. The highest BCUT2D eigenvalue weighted by Gasteiger charge is 2.42. The molecule has 0 aromatic heterocycles. The van der Waals surface area contributed by atoms with E-state index in [1.165, 1.54) is 6.92 Å². The predicted molar refractivity (Wildman–Crippen MR) is 77.0 cm³/mol. The van der Waals surface area contributed by atoms with Crippen LogP contribution in [0.25, 0.3) is 0 Å². The average Bonchev–Trinajstić information content (AvgIpc) is 2.26. The van der Waals surface area contributed by atoms with Crippen molar-refractivity contribution in [3.63, 3.8) is 0 Å². The summed E-state index contributed by atoms with van der Waals surface area (Å²) in [5.41, 5.74) is 1.72. The van der Waals surface area contributed by atoms with Gasteiger partial charge in [0.05, 0.1) is 0 Å². The van der Waals surface area contributed by atoms with Crippen molar-refractivity contribution < 1.29 is 13.0 Å². The summed E-state index contributed by atoms with van der Waals surface area (Å²) in [6.07, 6.45) is 0.851. The quantitative estimate of drug-likeness (QED) is 0.848. The van der Waals surface area contributed by atoms with Gasteiger partial charge in [0.25, 0.3) is 10.1 Å². The second-order valence-corrected chi connectivity index (χ2v) is 7.67. The summed E-state index contributed by atoms with van der Waals surface area (Å²) < 4.78 is 32.4. The van der Waals surface area contributed by atoms with Crippen LogP contribution in [0, 0.1) is 0 Å². The third-order valence-electron chi connectivity index (χ3n) is 3.98. The fourth-order valence-electron chi connectivity index (χ4n) is 3.23. The Kier molecular flexibility index (Phi) is 3.39. The number of para-hydroxylation sites is 1. The van der Waals surface area contributed by atoms with E-state index in [1.807, 2.05) is 43.0 Å². The monoisotopic (exact) mass is 283 g/mol. The summed E-state index contributed by atoms with van der Waals surface area (Å²) in [6, 6.07) is 7.81. The molecule has 0 aliphatic carbocycles. The summed E-state index contributed by atoms with van der Waals surface area (Å²) in [4.78, 5) is 1.82. The van der Waals surface area contributed by atoms with Crippen LogP contribution in [0.2, 0.25) is 0 Å². The fourth-order valence-corrected chi connectivity index (χ4v) is 3.89. The van der Waals surface area contributed by atoms with Gasteiger partial charge in [-0.15, -0.1) is 0 Å². The highest BCUT2D eigenvalue weighted by Crippen LogP contribution is 2.44. The average molecular weight is 283 g/mol. The van der Waals surface area contributed by atoms with Crippen LogP contribution in [0.5, 0.6) is 0 Å². The molecule has 0 radical (unpaired) electrons. The zero-order valence-corrected chi connectivity index (χ0v) is 12.6. The molecule has 0 saturated carbocycles. The van der Waals surface area contributed by atoms with Crippen molar-refractivity contribution >= 4 is 15.8 Å². The van der Waals surface area contributed by atoms with Crippen molar-refractivity contribution in [2.75, 3.05) is 4.90 Å². The smallest absolute Gasteiger partial charge is 0.286 e. The molecule has 0 amide bonds. The van der Waals surface area contributed by atoms with E-state index in [4.69, 9.17) is 0 Å². The SMILES string of the molecule is CC1CC(C)(C)N(C(C)S(=O)(=O)O)c2ccccc21. The molecule has 1 aromatic carbocycles. The van der Waals surface area contributed by atoms with Gasteiger partial charge in [-0.2, -0.15) is 8.42 Å². The molecular formula is C14H21NO3S. The number of rotatable bonds is 2. The van der Waals surface area contributed by atoms with E-state index in [9.17, 15) is 13.0 Å². The van der Waals surface area contributed by atoms with Gasteiger partial charge in [0, 0.05) is 11.2 Å². The van der Waals surface area contributed by atoms with E-state index >= 15 is 0 Å². The first kappa shape index (κ1) is 14.3. The maximum atomic E-state index is 11.5. The van der Waals surface area contributed by atoms with Gasteiger partial charge in [0.1, 0.15) is 0 Å². The minimum atomic E-state index is -4.11. The Balaban J connectivity index is 2.60. The number of anilines is 1. The third kappa shape index (κ3) is 2.49. The molecule has 2 atom stereocenters. The lowest BCUT2D eigenvalue weighted by Crippen LogP contribution is -2.55. The number of benzene rings is 1. The predicted octanol–water partition coefficient (Wildman–Crippen LogP) is 3.01. The molecule has 0 saturated heterocycles. The molecule has 0 spiro atoms. The maximum absolute atomic E-state index is 11.5. The Hall–Kier alpha value is -1.07. The van der Waals surface area contributed by atoms with E-state index in [0.29, 0.717) is 5.92 Å². The summed E-state index contributed by atoms with van der Waals surface area (Å²) in [7, 11) is -4.11. The van der Waals surface area contributed by atoms with Gasteiger partial charge in [-0.3, -0.25) is 4.55 Å². The van der Waals surface area contributed by atoms with Crippen LogP contribution in [0.3, 0.4) is 0 Å². The normalized spacial score (nSPS) is 23.8. The molecule has 2 unspecified atom stereocenters.